The zero-order chi connectivity index (χ0) is 13.7. The van der Waals surface area contributed by atoms with Gasteiger partial charge in [-0.15, -0.1) is 0 Å². The van der Waals surface area contributed by atoms with Gasteiger partial charge in [0, 0.05) is 12.6 Å². The van der Waals surface area contributed by atoms with Gasteiger partial charge in [0.2, 0.25) is 5.91 Å². The van der Waals surface area contributed by atoms with Crippen LogP contribution in [0.25, 0.3) is 0 Å². The minimum absolute atomic E-state index is 0.00174. The van der Waals surface area contributed by atoms with Gasteiger partial charge < -0.3 is 15.4 Å². The van der Waals surface area contributed by atoms with Crippen molar-refractivity contribution < 1.29 is 9.53 Å². The molecule has 4 heteroatoms. The number of hydrogen-bond donors (Lipinski definition) is 2. The molecule has 0 bridgehead atoms. The van der Waals surface area contributed by atoms with Gasteiger partial charge in [-0.1, -0.05) is 12.1 Å². The number of rotatable bonds is 5. The fraction of sp³-hybridized carbons (Fsp3) is 0.533. The highest BCUT2D eigenvalue weighted by Gasteiger charge is 2.17. The number of anilines is 2. The molecule has 2 N–H and O–H groups in total. The van der Waals surface area contributed by atoms with Crippen LogP contribution in [0, 0.1) is 0 Å². The van der Waals surface area contributed by atoms with Gasteiger partial charge in [-0.25, -0.2) is 0 Å². The molecular formula is C15H22N2O2. The van der Waals surface area contributed by atoms with E-state index in [1.54, 1.807) is 0 Å². The fourth-order valence-corrected chi connectivity index (χ4v) is 2.30. The van der Waals surface area contributed by atoms with Crippen LogP contribution in [0.1, 0.15) is 32.3 Å². The lowest BCUT2D eigenvalue weighted by molar-refractivity contribution is -0.117. The number of nitrogens with one attached hydrogen (secondary N) is 2. The highest BCUT2D eigenvalue weighted by molar-refractivity contribution is 5.95. The highest BCUT2D eigenvalue weighted by Crippen LogP contribution is 2.32. The third-order valence-electron chi connectivity index (χ3n) is 3.34. The van der Waals surface area contributed by atoms with E-state index in [1.165, 1.54) is 5.56 Å². The molecule has 1 aromatic rings. The van der Waals surface area contributed by atoms with Gasteiger partial charge in [0.05, 0.1) is 24.4 Å². The fourth-order valence-electron chi connectivity index (χ4n) is 2.30. The molecule has 104 valence electrons. The Morgan fingerprint density at radius 3 is 3.16 bits per heavy atom. The Morgan fingerprint density at radius 1 is 1.53 bits per heavy atom. The van der Waals surface area contributed by atoms with Crippen LogP contribution in [-0.4, -0.2) is 25.2 Å². The van der Waals surface area contributed by atoms with Crippen LogP contribution in [0.5, 0.6) is 0 Å². The summed E-state index contributed by atoms with van der Waals surface area (Å²) in [4.78, 5) is 11.8. The summed E-state index contributed by atoms with van der Waals surface area (Å²) >= 11 is 0. The maximum absolute atomic E-state index is 11.8. The number of benzene rings is 1. The van der Waals surface area contributed by atoms with E-state index in [9.17, 15) is 4.79 Å². The normalized spacial score (nSPS) is 17.5. The van der Waals surface area contributed by atoms with Gasteiger partial charge in [-0.2, -0.15) is 0 Å². The maximum atomic E-state index is 11.8. The highest BCUT2D eigenvalue weighted by atomic mass is 16.5. The van der Waals surface area contributed by atoms with E-state index in [0.717, 1.165) is 24.2 Å². The molecular weight excluding hydrogens is 240 g/mol. The molecule has 0 spiro atoms. The molecule has 1 unspecified atom stereocenters. The van der Waals surface area contributed by atoms with Crippen LogP contribution in [0.2, 0.25) is 0 Å². The average Bonchev–Trinajstić information content (AvgIpc) is 2.40. The van der Waals surface area contributed by atoms with Crippen molar-refractivity contribution in [3.8, 4) is 0 Å². The van der Waals surface area contributed by atoms with E-state index in [2.05, 4.69) is 23.6 Å². The Morgan fingerprint density at radius 2 is 2.37 bits per heavy atom. The number of fused-ring (bicyclic) bond motifs is 1. The molecule has 0 saturated heterocycles. The molecule has 2 rings (SSSR count). The first-order valence-electron chi connectivity index (χ1n) is 6.96. The lowest BCUT2D eigenvalue weighted by atomic mass is 9.98. The number of carbonyl (C=O) groups is 1. The number of ether oxygens (including phenoxy) is 1. The second-order valence-corrected chi connectivity index (χ2v) is 4.92. The minimum atomic E-state index is 0.00174. The first kappa shape index (κ1) is 13.9. The third kappa shape index (κ3) is 3.70. The SMILES string of the molecule is CCOCCC(=O)Nc1cccc2c1NC(C)CC2. The van der Waals surface area contributed by atoms with Gasteiger partial charge in [-0.3, -0.25) is 4.79 Å². The van der Waals surface area contributed by atoms with Crippen molar-refractivity contribution in [1.82, 2.24) is 0 Å². The van der Waals surface area contributed by atoms with Crippen molar-refractivity contribution >= 4 is 17.3 Å². The smallest absolute Gasteiger partial charge is 0.226 e. The lowest BCUT2D eigenvalue weighted by Gasteiger charge is -2.26. The third-order valence-corrected chi connectivity index (χ3v) is 3.34. The van der Waals surface area contributed by atoms with Crippen LogP contribution in [0.15, 0.2) is 18.2 Å². The monoisotopic (exact) mass is 262 g/mol. The second-order valence-electron chi connectivity index (χ2n) is 4.92. The van der Waals surface area contributed by atoms with Crippen LogP contribution in [0.3, 0.4) is 0 Å². The van der Waals surface area contributed by atoms with Crippen molar-refractivity contribution in [2.45, 2.75) is 39.2 Å². The van der Waals surface area contributed by atoms with Crippen LogP contribution >= 0.6 is 0 Å². The Bertz CT molecular complexity index is 446. The lowest BCUT2D eigenvalue weighted by Crippen LogP contribution is -2.24. The Hall–Kier alpha value is -1.55. The molecule has 0 aliphatic carbocycles. The number of amides is 1. The van der Waals surface area contributed by atoms with Crippen LogP contribution in [0.4, 0.5) is 11.4 Å². The number of aryl methyl sites for hydroxylation is 1. The van der Waals surface area contributed by atoms with Crippen molar-refractivity contribution in [2.75, 3.05) is 23.8 Å². The molecule has 1 amide bonds. The summed E-state index contributed by atoms with van der Waals surface area (Å²) in [5, 5.41) is 6.42. The first-order chi connectivity index (χ1) is 9.20. The minimum Gasteiger partial charge on any atom is -0.381 e. The van der Waals surface area contributed by atoms with Gasteiger partial charge in [-0.05, 0) is 38.3 Å². The second kappa shape index (κ2) is 6.57. The summed E-state index contributed by atoms with van der Waals surface area (Å²) < 4.78 is 5.20. The maximum Gasteiger partial charge on any atom is 0.226 e. The molecule has 19 heavy (non-hydrogen) atoms. The molecule has 1 atom stereocenters. The Balaban J connectivity index is 2.02. The summed E-state index contributed by atoms with van der Waals surface area (Å²) in [7, 11) is 0. The van der Waals surface area contributed by atoms with E-state index in [1.807, 2.05) is 19.1 Å². The molecule has 0 fully saturated rings. The van der Waals surface area contributed by atoms with E-state index in [-0.39, 0.29) is 5.91 Å². The summed E-state index contributed by atoms with van der Waals surface area (Å²) in [5.74, 6) is 0.00174. The molecule has 0 saturated carbocycles. The van der Waals surface area contributed by atoms with Crippen LogP contribution < -0.4 is 10.6 Å². The average molecular weight is 262 g/mol. The zero-order valence-electron chi connectivity index (χ0n) is 11.7. The molecule has 1 aromatic carbocycles. The Kier molecular flexibility index (Phi) is 4.80. The van der Waals surface area contributed by atoms with Gasteiger partial charge in [0.25, 0.3) is 0 Å². The molecule has 1 aliphatic rings. The van der Waals surface area contributed by atoms with E-state index in [4.69, 9.17) is 4.74 Å². The zero-order valence-corrected chi connectivity index (χ0v) is 11.7. The molecule has 1 heterocycles. The summed E-state index contributed by atoms with van der Waals surface area (Å²) in [5.41, 5.74) is 3.23. The molecule has 4 nitrogen and oxygen atoms in total. The van der Waals surface area contributed by atoms with Gasteiger partial charge in [0.15, 0.2) is 0 Å². The standard InChI is InChI=1S/C15H22N2O2/c1-3-19-10-9-14(18)17-13-6-4-5-12-8-7-11(2)16-15(12)13/h4-6,11,16H,3,7-10H2,1-2H3,(H,17,18). The topological polar surface area (TPSA) is 50.4 Å². The van der Waals surface area contributed by atoms with Gasteiger partial charge in [0.1, 0.15) is 0 Å². The molecule has 1 aliphatic heterocycles. The molecule has 0 aromatic heterocycles. The predicted octanol–water partition coefficient (Wildman–Crippen LogP) is 2.80. The predicted molar refractivity (Wildman–Crippen MR) is 77.6 cm³/mol. The van der Waals surface area contributed by atoms with Crippen molar-refractivity contribution in [1.29, 1.82) is 0 Å². The van der Waals surface area contributed by atoms with Crippen LogP contribution in [-0.2, 0) is 16.0 Å². The van der Waals surface area contributed by atoms with Crippen molar-refractivity contribution in [2.24, 2.45) is 0 Å². The van der Waals surface area contributed by atoms with E-state index < -0.39 is 0 Å². The van der Waals surface area contributed by atoms with Crippen molar-refractivity contribution in [3.63, 3.8) is 0 Å². The number of hydrogen-bond acceptors (Lipinski definition) is 3. The Labute approximate surface area is 114 Å². The number of carbonyl (C=O) groups excluding carboxylic acids is 1. The van der Waals surface area contributed by atoms with E-state index >= 15 is 0 Å². The summed E-state index contributed by atoms with van der Waals surface area (Å²) in [6.45, 7) is 5.21. The number of para-hydroxylation sites is 1. The summed E-state index contributed by atoms with van der Waals surface area (Å²) in [6, 6.07) is 6.51. The quantitative estimate of drug-likeness (QED) is 0.802. The van der Waals surface area contributed by atoms with Crippen molar-refractivity contribution in [3.05, 3.63) is 23.8 Å². The largest absolute Gasteiger partial charge is 0.381 e. The molecule has 0 radical (unpaired) electrons. The van der Waals surface area contributed by atoms with E-state index in [0.29, 0.717) is 25.7 Å². The first-order valence-corrected chi connectivity index (χ1v) is 6.96. The summed E-state index contributed by atoms with van der Waals surface area (Å²) in [6.07, 6.45) is 2.59. The van der Waals surface area contributed by atoms with Gasteiger partial charge >= 0.3 is 0 Å².